The largest absolute Gasteiger partial charge is 0.380 e. The molecule has 3 nitrogen and oxygen atoms in total. The molecule has 2 aliphatic heterocycles. The van der Waals surface area contributed by atoms with Gasteiger partial charge < -0.3 is 14.2 Å². The average Bonchev–Trinajstić information content (AvgIpc) is 3.07. The monoisotopic (exact) mass is 342 g/mol. The molecule has 2 aromatic rings. The van der Waals surface area contributed by atoms with E-state index < -0.39 is 0 Å². The molecule has 0 N–H and O–H groups in total. The van der Waals surface area contributed by atoms with Crippen molar-refractivity contribution in [1.82, 2.24) is 0 Å². The van der Waals surface area contributed by atoms with E-state index in [4.69, 9.17) is 14.2 Å². The maximum absolute atomic E-state index is 14.4. The first-order valence-electron chi connectivity index (χ1n) is 8.84. The summed E-state index contributed by atoms with van der Waals surface area (Å²) in [5, 5.41) is 0. The number of benzene rings is 2. The van der Waals surface area contributed by atoms with Crippen LogP contribution < -0.4 is 0 Å². The summed E-state index contributed by atoms with van der Waals surface area (Å²) < 4.78 is 32.0. The molecule has 0 amide bonds. The Morgan fingerprint density at radius 2 is 1.84 bits per heavy atom. The van der Waals surface area contributed by atoms with Gasteiger partial charge in [-0.2, -0.15) is 0 Å². The molecule has 2 aliphatic rings. The lowest BCUT2D eigenvalue weighted by molar-refractivity contribution is -0.0869. The first-order valence-corrected chi connectivity index (χ1v) is 8.84. The molecule has 2 aromatic carbocycles. The molecule has 0 bridgehead atoms. The second kappa shape index (κ2) is 7.24. The van der Waals surface area contributed by atoms with E-state index in [1.54, 1.807) is 6.07 Å². The molecular weight excluding hydrogens is 319 g/mol. The zero-order valence-electron chi connectivity index (χ0n) is 14.2. The van der Waals surface area contributed by atoms with Crippen LogP contribution >= 0.6 is 0 Å². The summed E-state index contributed by atoms with van der Waals surface area (Å²) in [4.78, 5) is 0. The summed E-state index contributed by atoms with van der Waals surface area (Å²) in [5.74, 6) is 0.101. The number of hydrogen-bond donors (Lipinski definition) is 0. The van der Waals surface area contributed by atoms with Crippen molar-refractivity contribution >= 4 is 0 Å². The van der Waals surface area contributed by atoms with Crippen LogP contribution in [0.15, 0.2) is 54.6 Å². The van der Waals surface area contributed by atoms with Gasteiger partial charge in [0, 0.05) is 0 Å². The molecule has 2 saturated heterocycles. The van der Waals surface area contributed by atoms with E-state index in [9.17, 15) is 4.39 Å². The van der Waals surface area contributed by atoms with Crippen molar-refractivity contribution in [2.45, 2.75) is 24.5 Å². The van der Waals surface area contributed by atoms with Gasteiger partial charge in [-0.1, -0.05) is 48.5 Å². The fourth-order valence-electron chi connectivity index (χ4n) is 4.00. The van der Waals surface area contributed by atoms with E-state index in [2.05, 4.69) is 12.1 Å². The van der Waals surface area contributed by atoms with Gasteiger partial charge in [0.05, 0.1) is 44.6 Å². The van der Waals surface area contributed by atoms with Crippen molar-refractivity contribution in [3.05, 3.63) is 71.5 Å². The van der Waals surface area contributed by atoms with Crippen LogP contribution in [0.5, 0.6) is 0 Å². The highest BCUT2D eigenvalue weighted by molar-refractivity contribution is 5.30. The van der Waals surface area contributed by atoms with E-state index in [1.807, 2.05) is 30.3 Å². The van der Waals surface area contributed by atoms with Crippen LogP contribution in [0, 0.1) is 11.7 Å². The SMILES string of the molecule is Fc1ccccc1[C@@]12COC[C@@H]1C[C@H](COCc1ccccc1)OC2. The van der Waals surface area contributed by atoms with Crippen LogP contribution in [0.1, 0.15) is 17.5 Å². The highest BCUT2D eigenvalue weighted by Crippen LogP contribution is 2.45. The Balaban J connectivity index is 1.39. The molecule has 0 unspecified atom stereocenters. The Labute approximate surface area is 147 Å². The van der Waals surface area contributed by atoms with Crippen molar-refractivity contribution < 1.29 is 18.6 Å². The Hall–Kier alpha value is -1.75. The first-order chi connectivity index (χ1) is 12.3. The van der Waals surface area contributed by atoms with Crippen LogP contribution in [-0.4, -0.2) is 32.5 Å². The molecule has 0 aliphatic carbocycles. The maximum atomic E-state index is 14.4. The Morgan fingerprint density at radius 1 is 1.04 bits per heavy atom. The number of halogens is 1. The summed E-state index contributed by atoms with van der Waals surface area (Å²) in [7, 11) is 0. The lowest BCUT2D eigenvalue weighted by Crippen LogP contribution is -2.48. The molecule has 0 radical (unpaired) electrons. The first kappa shape index (κ1) is 16.7. The summed E-state index contributed by atoms with van der Waals surface area (Å²) >= 11 is 0. The summed E-state index contributed by atoms with van der Waals surface area (Å²) in [6.45, 7) is 2.81. The maximum Gasteiger partial charge on any atom is 0.127 e. The fraction of sp³-hybridized carbons (Fsp3) is 0.429. The third-order valence-electron chi connectivity index (χ3n) is 5.41. The lowest BCUT2D eigenvalue weighted by atomic mass is 9.69. The smallest absolute Gasteiger partial charge is 0.127 e. The number of hydrogen-bond acceptors (Lipinski definition) is 3. The standard InChI is InChI=1S/C21H23FO3/c22-20-9-5-4-8-19(20)21-14-24-12-17(21)10-18(25-15-21)13-23-11-16-6-2-1-3-7-16/h1-9,17-18H,10-15H2/t17-,18+,21+/m0/s1. The van der Waals surface area contributed by atoms with Crippen LogP contribution in [-0.2, 0) is 26.2 Å². The molecule has 4 rings (SSSR count). The van der Waals surface area contributed by atoms with Gasteiger partial charge in [0.1, 0.15) is 5.82 Å². The normalized spacial score (nSPS) is 28.7. The topological polar surface area (TPSA) is 27.7 Å². The zero-order valence-corrected chi connectivity index (χ0v) is 14.2. The Morgan fingerprint density at radius 3 is 2.68 bits per heavy atom. The van der Waals surface area contributed by atoms with E-state index in [1.165, 1.54) is 6.07 Å². The van der Waals surface area contributed by atoms with E-state index in [0.717, 1.165) is 17.5 Å². The molecular formula is C21H23FO3. The van der Waals surface area contributed by atoms with E-state index in [0.29, 0.717) is 33.0 Å². The molecule has 0 saturated carbocycles. The number of fused-ring (bicyclic) bond motifs is 1. The second-order valence-corrected chi connectivity index (χ2v) is 7.02. The van der Waals surface area contributed by atoms with Crippen molar-refractivity contribution in [3.63, 3.8) is 0 Å². The molecule has 0 spiro atoms. The summed E-state index contributed by atoms with van der Waals surface area (Å²) in [5.41, 5.74) is 1.52. The highest BCUT2D eigenvalue weighted by Gasteiger charge is 2.50. The number of ether oxygens (including phenoxy) is 3. The molecule has 2 fully saturated rings. The van der Waals surface area contributed by atoms with Crippen molar-refractivity contribution in [1.29, 1.82) is 0 Å². The van der Waals surface area contributed by atoms with Crippen molar-refractivity contribution in [2.24, 2.45) is 5.92 Å². The highest BCUT2D eigenvalue weighted by atomic mass is 19.1. The van der Waals surface area contributed by atoms with Crippen molar-refractivity contribution in [2.75, 3.05) is 26.4 Å². The fourth-order valence-corrected chi connectivity index (χ4v) is 4.00. The average molecular weight is 342 g/mol. The van der Waals surface area contributed by atoms with Crippen LogP contribution in [0.25, 0.3) is 0 Å². The van der Waals surface area contributed by atoms with Crippen LogP contribution in [0.4, 0.5) is 4.39 Å². The van der Waals surface area contributed by atoms with Crippen LogP contribution in [0.3, 0.4) is 0 Å². The summed E-state index contributed by atoms with van der Waals surface area (Å²) in [6.07, 6.45) is 0.874. The minimum atomic E-state index is -0.360. The minimum absolute atomic E-state index is 0.0373. The summed E-state index contributed by atoms with van der Waals surface area (Å²) in [6, 6.07) is 17.1. The van der Waals surface area contributed by atoms with Gasteiger partial charge >= 0.3 is 0 Å². The number of rotatable bonds is 5. The molecule has 0 aromatic heterocycles. The van der Waals surface area contributed by atoms with Crippen molar-refractivity contribution in [3.8, 4) is 0 Å². The van der Waals surface area contributed by atoms with Gasteiger partial charge in [-0.05, 0) is 29.5 Å². The lowest BCUT2D eigenvalue weighted by Gasteiger charge is -2.41. The van der Waals surface area contributed by atoms with Gasteiger partial charge in [-0.15, -0.1) is 0 Å². The zero-order chi connectivity index (χ0) is 17.1. The Kier molecular flexibility index (Phi) is 4.84. The van der Waals surface area contributed by atoms with E-state index in [-0.39, 0.29) is 23.3 Å². The van der Waals surface area contributed by atoms with Gasteiger partial charge in [-0.25, -0.2) is 4.39 Å². The molecule has 25 heavy (non-hydrogen) atoms. The van der Waals surface area contributed by atoms with E-state index >= 15 is 0 Å². The molecule has 3 atom stereocenters. The third kappa shape index (κ3) is 3.34. The molecule has 4 heteroatoms. The molecule has 132 valence electrons. The van der Waals surface area contributed by atoms with Gasteiger partial charge in [0.25, 0.3) is 0 Å². The van der Waals surface area contributed by atoms with Gasteiger partial charge in [0.2, 0.25) is 0 Å². The Bertz CT molecular complexity index is 705. The third-order valence-corrected chi connectivity index (χ3v) is 5.41. The second-order valence-electron chi connectivity index (χ2n) is 7.02. The van der Waals surface area contributed by atoms with Gasteiger partial charge in [0.15, 0.2) is 0 Å². The van der Waals surface area contributed by atoms with Crippen LogP contribution in [0.2, 0.25) is 0 Å². The molecule has 2 heterocycles. The quantitative estimate of drug-likeness (QED) is 0.829. The predicted molar refractivity (Wildman–Crippen MR) is 92.8 cm³/mol. The minimum Gasteiger partial charge on any atom is -0.380 e. The predicted octanol–water partition coefficient (Wildman–Crippen LogP) is 3.72. The van der Waals surface area contributed by atoms with Gasteiger partial charge in [-0.3, -0.25) is 0 Å².